The lowest BCUT2D eigenvalue weighted by Gasteiger charge is -2.06. The van der Waals surface area contributed by atoms with Crippen LogP contribution in [0.4, 0.5) is 4.39 Å². The van der Waals surface area contributed by atoms with Crippen LogP contribution in [0, 0.1) is 11.9 Å². The Morgan fingerprint density at radius 3 is 2.79 bits per heavy atom. The highest BCUT2D eigenvalue weighted by atomic mass is 35.5. The lowest BCUT2D eigenvalue weighted by Crippen LogP contribution is -1.86. The summed E-state index contributed by atoms with van der Waals surface area (Å²) in [6, 6.07) is 11.7. The number of fused-ring (bicyclic) bond motifs is 1. The third kappa shape index (κ3) is 2.53. The molecule has 19 heavy (non-hydrogen) atoms. The van der Waals surface area contributed by atoms with E-state index in [9.17, 15) is 4.39 Å². The first-order valence-electron chi connectivity index (χ1n) is 5.35. The first kappa shape index (κ1) is 12.3. The normalized spacial score (nSPS) is 10.9. The van der Waals surface area contributed by atoms with Crippen molar-refractivity contribution in [3.05, 3.63) is 58.5 Å². The molecule has 0 aliphatic rings. The summed E-state index contributed by atoms with van der Waals surface area (Å²) < 4.78 is 24.4. The maximum atomic E-state index is 13.5. The molecule has 1 aromatic heterocycles. The van der Waals surface area contributed by atoms with Gasteiger partial charge in [0.15, 0.2) is 16.6 Å². The first-order chi connectivity index (χ1) is 9.11. The Morgan fingerprint density at radius 1 is 1.16 bits per heavy atom. The number of hydrogen-bond acceptors (Lipinski definition) is 2. The van der Waals surface area contributed by atoms with Gasteiger partial charge in [0.1, 0.15) is 11.6 Å². The van der Waals surface area contributed by atoms with Gasteiger partial charge in [-0.25, -0.2) is 4.39 Å². The summed E-state index contributed by atoms with van der Waals surface area (Å²) in [4.78, 5) is 0. The van der Waals surface area contributed by atoms with Crippen molar-refractivity contribution in [2.24, 2.45) is 0 Å². The minimum Gasteiger partial charge on any atom is -0.453 e. The average molecular weight is 296 g/mol. The maximum Gasteiger partial charge on any atom is 0.194 e. The molecule has 3 aromatic rings. The summed E-state index contributed by atoms with van der Waals surface area (Å²) in [5.74, 6) is 0.265. The molecule has 0 amide bonds. The predicted molar refractivity (Wildman–Crippen MR) is 71.5 cm³/mol. The number of ether oxygens (including phenoxy) is 1. The summed E-state index contributed by atoms with van der Waals surface area (Å²) in [5.41, 5.74) is 0.385. The second kappa shape index (κ2) is 4.76. The Kier molecular flexibility index (Phi) is 3.09. The molecular weight excluding hydrogens is 290 g/mol. The van der Waals surface area contributed by atoms with Crippen LogP contribution in [0.1, 0.15) is 0 Å². The third-order valence-corrected chi connectivity index (χ3v) is 2.89. The van der Waals surface area contributed by atoms with Crippen LogP contribution in [0.25, 0.3) is 11.0 Å². The van der Waals surface area contributed by atoms with Crippen LogP contribution in [0.15, 0.2) is 40.8 Å². The molecule has 1 radical (unpaired) electrons. The SMILES string of the molecule is Fc1cc(Oc2cc[c]c(Cl)c2)c2oc(Cl)cc2c1. The zero-order valence-corrected chi connectivity index (χ0v) is 10.9. The van der Waals surface area contributed by atoms with Gasteiger partial charge in [-0.3, -0.25) is 0 Å². The molecule has 0 aliphatic carbocycles. The summed E-state index contributed by atoms with van der Waals surface area (Å²) in [5, 5.41) is 1.11. The van der Waals surface area contributed by atoms with Crippen molar-refractivity contribution in [3.8, 4) is 11.5 Å². The van der Waals surface area contributed by atoms with Gasteiger partial charge in [0.2, 0.25) is 0 Å². The van der Waals surface area contributed by atoms with Crippen LogP contribution in [-0.2, 0) is 0 Å². The largest absolute Gasteiger partial charge is 0.453 e. The summed E-state index contributed by atoms with van der Waals surface area (Å²) in [7, 11) is 0. The van der Waals surface area contributed by atoms with Gasteiger partial charge < -0.3 is 9.15 Å². The van der Waals surface area contributed by atoms with Crippen molar-refractivity contribution in [1.29, 1.82) is 0 Å². The molecule has 0 fully saturated rings. The highest BCUT2D eigenvalue weighted by Gasteiger charge is 2.12. The van der Waals surface area contributed by atoms with E-state index in [1.54, 1.807) is 18.2 Å². The quantitative estimate of drug-likeness (QED) is 0.625. The van der Waals surface area contributed by atoms with Crippen molar-refractivity contribution in [2.45, 2.75) is 0 Å². The van der Waals surface area contributed by atoms with Crippen molar-refractivity contribution < 1.29 is 13.5 Å². The van der Waals surface area contributed by atoms with Crippen LogP contribution in [-0.4, -0.2) is 0 Å². The number of furan rings is 1. The number of halogens is 3. The molecule has 2 aromatic carbocycles. The lowest BCUT2D eigenvalue weighted by molar-refractivity contribution is 0.468. The molecule has 5 heteroatoms. The van der Waals surface area contributed by atoms with E-state index in [-0.39, 0.29) is 11.0 Å². The fraction of sp³-hybridized carbons (Fsp3) is 0. The van der Waals surface area contributed by atoms with E-state index in [1.165, 1.54) is 18.2 Å². The van der Waals surface area contributed by atoms with E-state index < -0.39 is 5.82 Å². The van der Waals surface area contributed by atoms with Crippen LogP contribution in [0.2, 0.25) is 10.2 Å². The summed E-state index contributed by atoms with van der Waals surface area (Å²) in [6.07, 6.45) is 0. The van der Waals surface area contributed by atoms with E-state index in [4.69, 9.17) is 32.4 Å². The van der Waals surface area contributed by atoms with Gasteiger partial charge in [-0.05, 0) is 29.8 Å². The molecule has 3 rings (SSSR count). The van der Waals surface area contributed by atoms with Crippen LogP contribution in [0.5, 0.6) is 11.5 Å². The number of hydrogen-bond donors (Lipinski definition) is 0. The molecule has 1 heterocycles. The summed E-state index contributed by atoms with van der Waals surface area (Å²) in [6.45, 7) is 0. The Labute approximate surface area is 118 Å². The van der Waals surface area contributed by atoms with Crippen LogP contribution in [0.3, 0.4) is 0 Å². The smallest absolute Gasteiger partial charge is 0.194 e. The molecule has 0 saturated heterocycles. The molecule has 0 aliphatic heterocycles. The molecule has 0 spiro atoms. The van der Waals surface area contributed by atoms with E-state index in [1.807, 2.05) is 0 Å². The van der Waals surface area contributed by atoms with Crippen molar-refractivity contribution >= 4 is 34.2 Å². The predicted octanol–water partition coefficient (Wildman–Crippen LogP) is 5.47. The molecule has 0 saturated carbocycles. The fourth-order valence-electron chi connectivity index (χ4n) is 1.74. The van der Waals surface area contributed by atoms with E-state index >= 15 is 0 Å². The van der Waals surface area contributed by atoms with E-state index in [2.05, 4.69) is 6.07 Å². The van der Waals surface area contributed by atoms with Gasteiger partial charge in [-0.2, -0.15) is 0 Å². The zero-order valence-electron chi connectivity index (χ0n) is 9.41. The van der Waals surface area contributed by atoms with Crippen LogP contribution >= 0.6 is 23.2 Å². The second-order valence-corrected chi connectivity index (χ2v) is 4.63. The highest BCUT2D eigenvalue weighted by molar-refractivity contribution is 6.30. The number of benzene rings is 2. The van der Waals surface area contributed by atoms with Gasteiger partial charge in [0.05, 0.1) is 5.02 Å². The van der Waals surface area contributed by atoms with Crippen molar-refractivity contribution in [1.82, 2.24) is 0 Å². The minimum absolute atomic E-state index is 0.171. The molecule has 0 unspecified atom stereocenters. The van der Waals surface area contributed by atoms with Gasteiger partial charge in [0.25, 0.3) is 0 Å². The molecule has 95 valence electrons. The van der Waals surface area contributed by atoms with Crippen molar-refractivity contribution in [3.63, 3.8) is 0 Å². The zero-order chi connectivity index (χ0) is 13.4. The van der Waals surface area contributed by atoms with Gasteiger partial charge in [-0.1, -0.05) is 11.6 Å². The fourth-order valence-corrected chi connectivity index (χ4v) is 2.10. The third-order valence-electron chi connectivity index (χ3n) is 2.48. The standard InChI is InChI=1S/C14H6Cl2FO2/c15-9-2-1-3-11(6-9)18-12-7-10(17)4-8-5-13(16)19-14(8)12/h1,3-7H. The minimum atomic E-state index is -0.437. The summed E-state index contributed by atoms with van der Waals surface area (Å²) >= 11 is 11.6. The second-order valence-electron chi connectivity index (χ2n) is 3.85. The molecule has 2 nitrogen and oxygen atoms in total. The lowest BCUT2D eigenvalue weighted by atomic mass is 10.2. The van der Waals surface area contributed by atoms with Crippen LogP contribution < -0.4 is 4.74 Å². The first-order valence-corrected chi connectivity index (χ1v) is 6.11. The molecule has 0 atom stereocenters. The highest BCUT2D eigenvalue weighted by Crippen LogP contribution is 2.35. The van der Waals surface area contributed by atoms with Crippen molar-refractivity contribution in [2.75, 3.05) is 0 Å². The topological polar surface area (TPSA) is 22.4 Å². The van der Waals surface area contributed by atoms with Gasteiger partial charge in [-0.15, -0.1) is 0 Å². The average Bonchev–Trinajstić information content (AvgIpc) is 2.69. The monoisotopic (exact) mass is 295 g/mol. The maximum absolute atomic E-state index is 13.5. The Hall–Kier alpha value is -1.71. The molecule has 0 N–H and O–H groups in total. The van der Waals surface area contributed by atoms with Gasteiger partial charge >= 0.3 is 0 Å². The Bertz CT molecular complexity index is 752. The van der Waals surface area contributed by atoms with Gasteiger partial charge in [0, 0.05) is 29.7 Å². The molecule has 0 bridgehead atoms. The Balaban J connectivity index is 2.09. The van der Waals surface area contributed by atoms with E-state index in [0.29, 0.717) is 21.7 Å². The Morgan fingerprint density at radius 2 is 2.00 bits per heavy atom. The number of rotatable bonds is 2. The molecular formula is C14H6Cl2FO2. The van der Waals surface area contributed by atoms with E-state index in [0.717, 1.165) is 0 Å².